The molecule has 1 atom stereocenters. The van der Waals surface area contributed by atoms with E-state index in [9.17, 15) is 0 Å². The van der Waals surface area contributed by atoms with E-state index in [0.29, 0.717) is 16.8 Å². The Morgan fingerprint density at radius 1 is 1.42 bits per heavy atom. The van der Waals surface area contributed by atoms with Crippen LogP contribution < -0.4 is 5.32 Å². The molecular formula is C12H14ClN5O. The van der Waals surface area contributed by atoms with E-state index >= 15 is 0 Å². The van der Waals surface area contributed by atoms with Crippen molar-refractivity contribution in [3.63, 3.8) is 0 Å². The van der Waals surface area contributed by atoms with Crippen LogP contribution in [0.5, 0.6) is 0 Å². The Morgan fingerprint density at radius 3 is 3.16 bits per heavy atom. The van der Waals surface area contributed by atoms with Gasteiger partial charge in [-0.25, -0.2) is 4.98 Å². The molecule has 0 spiro atoms. The smallest absolute Gasteiger partial charge is 0.232 e. The van der Waals surface area contributed by atoms with Crippen LogP contribution >= 0.6 is 11.6 Å². The number of rotatable bonds is 3. The Balaban J connectivity index is 1.80. The van der Waals surface area contributed by atoms with Crippen LogP contribution in [-0.2, 0) is 4.74 Å². The molecule has 0 bridgehead atoms. The minimum atomic E-state index is -0.00886. The van der Waals surface area contributed by atoms with Crippen molar-refractivity contribution in [2.75, 3.05) is 11.9 Å². The van der Waals surface area contributed by atoms with Crippen LogP contribution in [0.2, 0.25) is 5.02 Å². The Morgan fingerprint density at radius 2 is 2.37 bits per heavy atom. The van der Waals surface area contributed by atoms with Gasteiger partial charge in [0.15, 0.2) is 0 Å². The fraction of sp³-hybridized carbons (Fsp3) is 0.417. The predicted molar refractivity (Wildman–Crippen MR) is 71.4 cm³/mol. The van der Waals surface area contributed by atoms with Crippen LogP contribution in [0.4, 0.5) is 11.8 Å². The van der Waals surface area contributed by atoms with Gasteiger partial charge < -0.3 is 10.1 Å². The maximum atomic E-state index is 5.93. The van der Waals surface area contributed by atoms with Gasteiger partial charge >= 0.3 is 0 Å². The van der Waals surface area contributed by atoms with Gasteiger partial charge in [0.05, 0.1) is 0 Å². The zero-order valence-electron chi connectivity index (χ0n) is 10.3. The van der Waals surface area contributed by atoms with Crippen LogP contribution in [0.25, 0.3) is 0 Å². The van der Waals surface area contributed by atoms with Gasteiger partial charge in [0.1, 0.15) is 18.4 Å². The molecule has 1 aliphatic rings. The molecule has 2 aromatic heterocycles. The average molecular weight is 280 g/mol. The number of aromatic nitrogens is 4. The van der Waals surface area contributed by atoms with Crippen LogP contribution in [0.15, 0.2) is 24.7 Å². The molecule has 3 heterocycles. The maximum Gasteiger partial charge on any atom is 0.232 e. The summed E-state index contributed by atoms with van der Waals surface area (Å²) in [5, 5.41) is 11.7. The molecule has 1 fully saturated rings. The third-order valence-electron chi connectivity index (χ3n) is 3.00. The summed E-state index contributed by atoms with van der Waals surface area (Å²) in [4.78, 5) is 4.18. The van der Waals surface area contributed by atoms with Crippen LogP contribution in [-0.4, -0.2) is 26.4 Å². The largest absolute Gasteiger partial charge is 0.358 e. The van der Waals surface area contributed by atoms with Crippen molar-refractivity contribution in [3.05, 3.63) is 29.7 Å². The van der Waals surface area contributed by atoms with E-state index in [0.717, 1.165) is 25.9 Å². The summed E-state index contributed by atoms with van der Waals surface area (Å²) >= 11 is 5.93. The number of nitrogens with one attached hydrogen (secondary N) is 1. The molecule has 100 valence electrons. The summed E-state index contributed by atoms with van der Waals surface area (Å²) in [5.41, 5.74) is 0. The monoisotopic (exact) mass is 279 g/mol. The molecule has 1 N–H and O–H groups in total. The van der Waals surface area contributed by atoms with Gasteiger partial charge in [-0.3, -0.25) is 4.57 Å². The first-order chi connectivity index (χ1) is 9.33. The second-order valence-corrected chi connectivity index (χ2v) is 4.80. The van der Waals surface area contributed by atoms with E-state index in [1.54, 1.807) is 24.7 Å². The number of hydrogen-bond donors (Lipinski definition) is 1. The van der Waals surface area contributed by atoms with Gasteiger partial charge in [0.25, 0.3) is 0 Å². The molecule has 7 heteroatoms. The lowest BCUT2D eigenvalue weighted by molar-refractivity contribution is -0.0308. The fourth-order valence-electron chi connectivity index (χ4n) is 2.07. The zero-order valence-corrected chi connectivity index (χ0v) is 11.0. The lowest BCUT2D eigenvalue weighted by Crippen LogP contribution is -2.19. The Bertz CT molecular complexity index is 553. The van der Waals surface area contributed by atoms with E-state index in [-0.39, 0.29) is 6.23 Å². The SMILES string of the molecule is Clc1ccnc(Nc2nncn2C2CCCCO2)c1. The molecule has 1 aliphatic heterocycles. The molecule has 3 rings (SSSR count). The number of ether oxygens (including phenoxy) is 1. The third kappa shape index (κ3) is 2.85. The van der Waals surface area contributed by atoms with E-state index in [1.807, 2.05) is 4.57 Å². The minimum Gasteiger partial charge on any atom is -0.358 e. The summed E-state index contributed by atoms with van der Waals surface area (Å²) in [6.07, 6.45) is 6.53. The normalized spacial score (nSPS) is 19.3. The highest BCUT2D eigenvalue weighted by molar-refractivity contribution is 6.30. The summed E-state index contributed by atoms with van der Waals surface area (Å²) < 4.78 is 7.61. The van der Waals surface area contributed by atoms with Crippen molar-refractivity contribution in [1.29, 1.82) is 0 Å². The molecule has 0 aliphatic carbocycles. The molecule has 2 aromatic rings. The fourth-order valence-corrected chi connectivity index (χ4v) is 2.23. The van der Waals surface area contributed by atoms with Gasteiger partial charge in [-0.2, -0.15) is 0 Å². The maximum absolute atomic E-state index is 5.93. The lowest BCUT2D eigenvalue weighted by Gasteiger charge is -2.24. The van der Waals surface area contributed by atoms with E-state index in [2.05, 4.69) is 20.5 Å². The molecule has 0 saturated carbocycles. The lowest BCUT2D eigenvalue weighted by atomic mass is 10.2. The molecule has 1 unspecified atom stereocenters. The Hall–Kier alpha value is -1.66. The van der Waals surface area contributed by atoms with Gasteiger partial charge in [-0.05, 0) is 31.4 Å². The first-order valence-electron chi connectivity index (χ1n) is 6.22. The quantitative estimate of drug-likeness (QED) is 0.936. The van der Waals surface area contributed by atoms with Crippen LogP contribution in [0, 0.1) is 0 Å². The van der Waals surface area contributed by atoms with E-state index < -0.39 is 0 Å². The van der Waals surface area contributed by atoms with Crippen LogP contribution in [0.3, 0.4) is 0 Å². The highest BCUT2D eigenvalue weighted by atomic mass is 35.5. The first-order valence-corrected chi connectivity index (χ1v) is 6.60. The molecule has 0 amide bonds. The number of nitrogens with zero attached hydrogens (tertiary/aromatic N) is 4. The second kappa shape index (κ2) is 5.54. The number of halogens is 1. The van der Waals surface area contributed by atoms with Crippen molar-refractivity contribution >= 4 is 23.4 Å². The summed E-state index contributed by atoms with van der Waals surface area (Å²) in [7, 11) is 0. The van der Waals surface area contributed by atoms with Crippen molar-refractivity contribution in [2.45, 2.75) is 25.5 Å². The molecular weight excluding hydrogens is 266 g/mol. The zero-order chi connectivity index (χ0) is 13.1. The molecule has 6 nitrogen and oxygen atoms in total. The summed E-state index contributed by atoms with van der Waals surface area (Å²) in [5.74, 6) is 1.25. The average Bonchev–Trinajstić information content (AvgIpc) is 2.88. The van der Waals surface area contributed by atoms with Crippen molar-refractivity contribution in [2.24, 2.45) is 0 Å². The van der Waals surface area contributed by atoms with Crippen molar-refractivity contribution in [3.8, 4) is 0 Å². The van der Waals surface area contributed by atoms with Gasteiger partial charge in [0.2, 0.25) is 5.95 Å². The highest BCUT2D eigenvalue weighted by Crippen LogP contribution is 2.26. The van der Waals surface area contributed by atoms with Crippen LogP contribution in [0.1, 0.15) is 25.5 Å². The molecule has 19 heavy (non-hydrogen) atoms. The molecule has 0 radical (unpaired) electrons. The van der Waals surface area contributed by atoms with Crippen molar-refractivity contribution in [1.82, 2.24) is 19.7 Å². The number of anilines is 2. The van der Waals surface area contributed by atoms with Gasteiger partial charge in [-0.15, -0.1) is 10.2 Å². The second-order valence-electron chi connectivity index (χ2n) is 4.37. The highest BCUT2D eigenvalue weighted by Gasteiger charge is 2.19. The van der Waals surface area contributed by atoms with E-state index in [4.69, 9.17) is 16.3 Å². The van der Waals surface area contributed by atoms with Gasteiger partial charge in [0, 0.05) is 17.8 Å². The Labute approximate surface area is 115 Å². The number of pyridine rings is 1. The van der Waals surface area contributed by atoms with Crippen molar-refractivity contribution < 1.29 is 4.74 Å². The summed E-state index contributed by atoms with van der Waals surface area (Å²) in [6.45, 7) is 0.775. The molecule has 0 aromatic carbocycles. The number of hydrogen-bond acceptors (Lipinski definition) is 5. The van der Waals surface area contributed by atoms with E-state index in [1.165, 1.54) is 0 Å². The minimum absolute atomic E-state index is 0.00886. The Kier molecular flexibility index (Phi) is 3.61. The predicted octanol–water partition coefficient (Wildman–Crippen LogP) is 2.77. The first kappa shape index (κ1) is 12.4. The molecule has 1 saturated heterocycles. The topological polar surface area (TPSA) is 64.9 Å². The third-order valence-corrected chi connectivity index (χ3v) is 3.24. The summed E-state index contributed by atoms with van der Waals surface area (Å²) in [6, 6.07) is 3.46. The standard InChI is InChI=1S/C12H14ClN5O/c13-9-4-5-14-10(7-9)16-12-17-15-8-18(12)11-3-1-2-6-19-11/h4-5,7-8,11H,1-3,6H2,(H,14,16,17). The van der Waals surface area contributed by atoms with Gasteiger partial charge in [-0.1, -0.05) is 11.6 Å².